The number of hydrogen-bond donors (Lipinski definition) is 3. The Labute approximate surface area is 106 Å². The van der Waals surface area contributed by atoms with Crippen LogP contribution >= 0.6 is 0 Å². The van der Waals surface area contributed by atoms with Crippen LogP contribution in [0.4, 0.5) is 0 Å². The molecule has 3 N–H and O–H groups in total. The lowest BCUT2D eigenvalue weighted by molar-refractivity contribution is -0.120. The number of aromatic hydroxyl groups is 1. The molecule has 0 saturated carbocycles. The molecule has 0 unspecified atom stereocenters. The molecule has 0 fully saturated rings. The third-order valence-electron chi connectivity index (χ3n) is 2.41. The number of amides is 2. The first-order chi connectivity index (χ1) is 8.54. The maximum Gasteiger partial charge on any atom is 0.255 e. The smallest absolute Gasteiger partial charge is 0.255 e. The summed E-state index contributed by atoms with van der Waals surface area (Å²) in [5.74, 6) is -0.534. The van der Waals surface area contributed by atoms with Crippen molar-refractivity contribution in [2.75, 3.05) is 13.1 Å². The minimum Gasteiger partial charge on any atom is -0.507 e. The molecule has 18 heavy (non-hydrogen) atoms. The van der Waals surface area contributed by atoms with Crippen molar-refractivity contribution in [2.24, 2.45) is 0 Å². The largest absolute Gasteiger partial charge is 0.507 e. The number of aryl methyl sites for hydroxylation is 1. The van der Waals surface area contributed by atoms with E-state index >= 15 is 0 Å². The number of rotatable bonds is 5. The second kappa shape index (κ2) is 6.64. The number of nitrogens with one attached hydrogen (secondary N) is 2. The zero-order valence-electron chi connectivity index (χ0n) is 10.6. The molecule has 0 aliphatic carbocycles. The molecule has 0 aromatic heterocycles. The molecule has 1 aromatic carbocycles. The van der Waals surface area contributed by atoms with Crippen LogP contribution in [0.5, 0.6) is 5.75 Å². The Kier molecular flexibility index (Phi) is 5.17. The van der Waals surface area contributed by atoms with Gasteiger partial charge < -0.3 is 15.7 Å². The minimum atomic E-state index is -0.378. The molecule has 98 valence electrons. The summed E-state index contributed by atoms with van der Waals surface area (Å²) in [4.78, 5) is 22.9. The molecule has 0 bridgehead atoms. The van der Waals surface area contributed by atoms with E-state index < -0.39 is 0 Å². The standard InChI is InChI=1S/C13H18N2O3/c1-3-14-12(17)6-7-15-13(18)10-5-4-9(2)8-11(10)16/h4-5,8,16H,3,6-7H2,1-2H3,(H,14,17)(H,15,18). The van der Waals surface area contributed by atoms with Crippen LogP contribution < -0.4 is 10.6 Å². The number of hydrogen-bond acceptors (Lipinski definition) is 3. The summed E-state index contributed by atoms with van der Waals surface area (Å²) in [5.41, 5.74) is 1.10. The van der Waals surface area contributed by atoms with Crippen molar-refractivity contribution in [1.29, 1.82) is 0 Å². The summed E-state index contributed by atoms with van der Waals surface area (Å²) >= 11 is 0. The van der Waals surface area contributed by atoms with Crippen molar-refractivity contribution in [3.8, 4) is 5.75 Å². The van der Waals surface area contributed by atoms with Crippen LogP contribution in [0.1, 0.15) is 29.3 Å². The summed E-state index contributed by atoms with van der Waals surface area (Å²) in [6.45, 7) is 4.49. The van der Waals surface area contributed by atoms with Gasteiger partial charge in [0.25, 0.3) is 5.91 Å². The van der Waals surface area contributed by atoms with Crippen molar-refractivity contribution in [1.82, 2.24) is 10.6 Å². The van der Waals surface area contributed by atoms with Crippen molar-refractivity contribution in [3.63, 3.8) is 0 Å². The molecule has 0 aliphatic rings. The van der Waals surface area contributed by atoms with Gasteiger partial charge in [0.15, 0.2) is 0 Å². The molecule has 0 spiro atoms. The Balaban J connectivity index is 2.48. The number of benzene rings is 1. The zero-order chi connectivity index (χ0) is 13.5. The molecule has 0 atom stereocenters. The first-order valence-corrected chi connectivity index (χ1v) is 5.89. The van der Waals surface area contributed by atoms with Crippen LogP contribution in [0.15, 0.2) is 18.2 Å². The molecule has 0 aliphatic heterocycles. The Bertz CT molecular complexity index is 444. The van der Waals surface area contributed by atoms with Gasteiger partial charge in [-0.25, -0.2) is 0 Å². The van der Waals surface area contributed by atoms with E-state index in [1.807, 2.05) is 13.8 Å². The van der Waals surface area contributed by atoms with Crippen molar-refractivity contribution < 1.29 is 14.7 Å². The Morgan fingerprint density at radius 1 is 1.28 bits per heavy atom. The topological polar surface area (TPSA) is 78.4 Å². The SMILES string of the molecule is CCNC(=O)CCNC(=O)c1ccc(C)cc1O. The third-order valence-corrected chi connectivity index (χ3v) is 2.41. The number of phenolic OH excluding ortho intramolecular Hbond substituents is 1. The zero-order valence-corrected chi connectivity index (χ0v) is 10.6. The average Bonchev–Trinajstić information content (AvgIpc) is 2.29. The van der Waals surface area contributed by atoms with Crippen LogP contribution in [0.2, 0.25) is 0 Å². The second-order valence-electron chi connectivity index (χ2n) is 3.98. The van der Waals surface area contributed by atoms with E-state index in [1.165, 1.54) is 6.07 Å². The summed E-state index contributed by atoms with van der Waals surface area (Å²) < 4.78 is 0. The highest BCUT2D eigenvalue weighted by Gasteiger charge is 2.10. The molecule has 5 heteroatoms. The van der Waals surface area contributed by atoms with Gasteiger partial charge in [-0.15, -0.1) is 0 Å². The molecule has 1 aromatic rings. The lowest BCUT2D eigenvalue weighted by Crippen LogP contribution is -2.30. The normalized spacial score (nSPS) is 9.89. The van der Waals surface area contributed by atoms with Gasteiger partial charge in [0.1, 0.15) is 5.75 Å². The highest BCUT2D eigenvalue weighted by atomic mass is 16.3. The summed E-state index contributed by atoms with van der Waals surface area (Å²) in [6.07, 6.45) is 0.228. The first kappa shape index (κ1) is 14.0. The fourth-order valence-corrected chi connectivity index (χ4v) is 1.50. The van der Waals surface area contributed by atoms with E-state index in [2.05, 4.69) is 10.6 Å². The van der Waals surface area contributed by atoms with Gasteiger partial charge in [-0.05, 0) is 31.5 Å². The van der Waals surface area contributed by atoms with Crippen LogP contribution in [-0.2, 0) is 4.79 Å². The fourth-order valence-electron chi connectivity index (χ4n) is 1.50. The minimum absolute atomic E-state index is 0.0505. The molecular weight excluding hydrogens is 232 g/mol. The number of carbonyl (C=O) groups is 2. The Hall–Kier alpha value is -2.04. The van der Waals surface area contributed by atoms with Crippen molar-refractivity contribution >= 4 is 11.8 Å². The first-order valence-electron chi connectivity index (χ1n) is 5.89. The third kappa shape index (κ3) is 4.08. The van der Waals surface area contributed by atoms with Crippen LogP contribution in [0.3, 0.4) is 0 Å². The number of carbonyl (C=O) groups excluding carboxylic acids is 2. The van der Waals surface area contributed by atoms with E-state index in [4.69, 9.17) is 0 Å². The highest BCUT2D eigenvalue weighted by Crippen LogP contribution is 2.17. The monoisotopic (exact) mass is 250 g/mol. The maximum atomic E-state index is 11.7. The van der Waals surface area contributed by atoms with Gasteiger partial charge in [-0.1, -0.05) is 6.07 Å². The van der Waals surface area contributed by atoms with Gasteiger partial charge in [-0.3, -0.25) is 9.59 Å². The molecular formula is C13H18N2O3. The molecule has 2 amide bonds. The Morgan fingerprint density at radius 3 is 2.61 bits per heavy atom. The van der Waals surface area contributed by atoms with E-state index in [-0.39, 0.29) is 36.1 Å². The molecule has 0 radical (unpaired) electrons. The summed E-state index contributed by atoms with van der Waals surface area (Å²) in [6, 6.07) is 4.84. The van der Waals surface area contributed by atoms with Crippen LogP contribution in [-0.4, -0.2) is 30.0 Å². The molecule has 0 saturated heterocycles. The quantitative estimate of drug-likeness (QED) is 0.728. The van der Waals surface area contributed by atoms with Gasteiger partial charge in [0.2, 0.25) is 5.91 Å². The van der Waals surface area contributed by atoms with E-state index in [9.17, 15) is 14.7 Å². The van der Waals surface area contributed by atoms with E-state index in [0.29, 0.717) is 6.54 Å². The molecule has 1 rings (SSSR count). The summed E-state index contributed by atoms with van der Waals surface area (Å²) in [5, 5.41) is 14.8. The lowest BCUT2D eigenvalue weighted by Gasteiger charge is -2.07. The lowest BCUT2D eigenvalue weighted by atomic mass is 10.1. The highest BCUT2D eigenvalue weighted by molar-refractivity contribution is 5.97. The van der Waals surface area contributed by atoms with Crippen molar-refractivity contribution in [2.45, 2.75) is 20.3 Å². The van der Waals surface area contributed by atoms with Gasteiger partial charge in [0, 0.05) is 19.5 Å². The van der Waals surface area contributed by atoms with E-state index in [1.54, 1.807) is 12.1 Å². The van der Waals surface area contributed by atoms with Gasteiger partial charge in [0.05, 0.1) is 5.56 Å². The Morgan fingerprint density at radius 2 is 2.00 bits per heavy atom. The van der Waals surface area contributed by atoms with Gasteiger partial charge in [-0.2, -0.15) is 0 Å². The van der Waals surface area contributed by atoms with E-state index in [0.717, 1.165) is 5.56 Å². The summed E-state index contributed by atoms with van der Waals surface area (Å²) in [7, 11) is 0. The average molecular weight is 250 g/mol. The molecule has 0 heterocycles. The van der Waals surface area contributed by atoms with Crippen molar-refractivity contribution in [3.05, 3.63) is 29.3 Å². The van der Waals surface area contributed by atoms with Crippen LogP contribution in [0.25, 0.3) is 0 Å². The van der Waals surface area contributed by atoms with Crippen LogP contribution in [0, 0.1) is 6.92 Å². The second-order valence-corrected chi connectivity index (χ2v) is 3.98. The van der Waals surface area contributed by atoms with Gasteiger partial charge >= 0.3 is 0 Å². The fraction of sp³-hybridized carbons (Fsp3) is 0.385. The maximum absolute atomic E-state index is 11.7. The molecule has 5 nitrogen and oxygen atoms in total. The predicted octanol–water partition coefficient (Wildman–Crippen LogP) is 0.957. The predicted molar refractivity (Wildman–Crippen MR) is 68.5 cm³/mol. The number of phenols is 1.